The first-order chi connectivity index (χ1) is 6.97. The van der Waals surface area contributed by atoms with Crippen LogP contribution in [-0.4, -0.2) is 10.2 Å². The molecule has 2 aromatic carbocycles. The molecule has 2 aromatic rings. The molecule has 2 heteroatoms. The summed E-state index contributed by atoms with van der Waals surface area (Å²) in [5, 5.41) is 21.2. The van der Waals surface area contributed by atoms with Crippen LogP contribution in [-0.2, 0) is 5.60 Å². The van der Waals surface area contributed by atoms with E-state index in [1.54, 1.807) is 26.0 Å². The summed E-state index contributed by atoms with van der Waals surface area (Å²) in [6.07, 6.45) is 0. The van der Waals surface area contributed by atoms with Gasteiger partial charge in [-0.1, -0.05) is 18.2 Å². The lowest BCUT2D eigenvalue weighted by atomic mass is 9.95. The Balaban J connectivity index is 2.62. The largest absolute Gasteiger partial charge is 0.508 e. The van der Waals surface area contributed by atoms with E-state index in [2.05, 4.69) is 0 Å². The molecule has 0 bridgehead atoms. The van der Waals surface area contributed by atoms with Crippen LogP contribution in [0, 0.1) is 0 Å². The lowest BCUT2D eigenvalue weighted by Crippen LogP contribution is -2.14. The van der Waals surface area contributed by atoms with Crippen molar-refractivity contribution < 1.29 is 10.2 Å². The fraction of sp³-hybridized carbons (Fsp3) is 0.231. The lowest BCUT2D eigenvalue weighted by molar-refractivity contribution is 0.0787. The lowest BCUT2D eigenvalue weighted by Gasteiger charge is -2.18. The van der Waals surface area contributed by atoms with Gasteiger partial charge >= 0.3 is 0 Å². The van der Waals surface area contributed by atoms with E-state index >= 15 is 0 Å². The van der Waals surface area contributed by atoms with Crippen molar-refractivity contribution in [3.63, 3.8) is 0 Å². The fourth-order valence-electron chi connectivity index (χ4n) is 1.61. The van der Waals surface area contributed by atoms with Crippen LogP contribution in [0.5, 0.6) is 5.75 Å². The molecule has 0 amide bonds. The van der Waals surface area contributed by atoms with Crippen molar-refractivity contribution in [2.75, 3.05) is 0 Å². The van der Waals surface area contributed by atoms with E-state index in [0.29, 0.717) is 0 Å². The molecule has 0 aliphatic heterocycles. The molecule has 0 unspecified atom stereocenters. The molecule has 0 atom stereocenters. The first-order valence-electron chi connectivity index (χ1n) is 4.92. The third-order valence-electron chi connectivity index (χ3n) is 2.53. The molecule has 2 nitrogen and oxygen atoms in total. The van der Waals surface area contributed by atoms with E-state index in [1.807, 2.05) is 24.3 Å². The molecule has 0 aromatic heterocycles. The topological polar surface area (TPSA) is 40.5 Å². The van der Waals surface area contributed by atoms with Gasteiger partial charge in [-0.05, 0) is 48.4 Å². The van der Waals surface area contributed by atoms with Crippen molar-refractivity contribution in [2.24, 2.45) is 0 Å². The Kier molecular flexibility index (Phi) is 2.16. The maximum atomic E-state index is 9.85. The van der Waals surface area contributed by atoms with Crippen molar-refractivity contribution in [1.29, 1.82) is 0 Å². The third-order valence-corrected chi connectivity index (χ3v) is 2.53. The highest BCUT2D eigenvalue weighted by Gasteiger charge is 2.15. The second-order valence-electron chi connectivity index (χ2n) is 4.31. The van der Waals surface area contributed by atoms with Crippen LogP contribution < -0.4 is 0 Å². The molecule has 0 aliphatic rings. The van der Waals surface area contributed by atoms with Gasteiger partial charge in [-0.25, -0.2) is 0 Å². The molecule has 2 N–H and O–H groups in total. The minimum absolute atomic E-state index is 0.263. The van der Waals surface area contributed by atoms with Gasteiger partial charge in [-0.15, -0.1) is 0 Å². The predicted molar refractivity (Wildman–Crippen MR) is 60.9 cm³/mol. The van der Waals surface area contributed by atoms with Crippen molar-refractivity contribution in [2.45, 2.75) is 19.4 Å². The highest BCUT2D eigenvalue weighted by Crippen LogP contribution is 2.26. The maximum Gasteiger partial charge on any atom is 0.116 e. The molecule has 0 aliphatic carbocycles. The van der Waals surface area contributed by atoms with Gasteiger partial charge in [0.05, 0.1) is 5.60 Å². The normalized spacial score (nSPS) is 11.9. The summed E-state index contributed by atoms with van der Waals surface area (Å²) in [7, 11) is 0. The number of fused-ring (bicyclic) bond motifs is 1. The Bertz CT molecular complexity index is 495. The number of aromatic hydroxyl groups is 1. The second kappa shape index (κ2) is 3.24. The SMILES string of the molecule is CC(C)(O)c1ccc2cc(O)ccc2c1. The van der Waals surface area contributed by atoms with Crippen LogP contribution in [0.4, 0.5) is 0 Å². The van der Waals surface area contributed by atoms with Crippen LogP contribution >= 0.6 is 0 Å². The zero-order valence-corrected chi connectivity index (χ0v) is 8.86. The molecule has 0 saturated carbocycles. The Morgan fingerprint density at radius 3 is 2.20 bits per heavy atom. The fourth-order valence-corrected chi connectivity index (χ4v) is 1.61. The zero-order chi connectivity index (χ0) is 11.1. The summed E-state index contributed by atoms with van der Waals surface area (Å²) < 4.78 is 0. The van der Waals surface area contributed by atoms with Crippen LogP contribution in [0.15, 0.2) is 36.4 Å². The molecule has 78 valence electrons. The Morgan fingerprint density at radius 2 is 1.53 bits per heavy atom. The number of hydrogen-bond acceptors (Lipinski definition) is 2. The maximum absolute atomic E-state index is 9.85. The molecule has 0 fully saturated rings. The number of phenolic OH excluding ortho intramolecular Hbond substituents is 1. The number of hydrogen-bond donors (Lipinski definition) is 2. The summed E-state index contributed by atoms with van der Waals surface area (Å²) in [5.41, 5.74) is 0.0483. The van der Waals surface area contributed by atoms with Crippen molar-refractivity contribution in [3.8, 4) is 5.75 Å². The quantitative estimate of drug-likeness (QED) is 0.746. The molecule has 0 radical (unpaired) electrons. The van der Waals surface area contributed by atoms with E-state index in [1.165, 1.54) is 0 Å². The number of benzene rings is 2. The van der Waals surface area contributed by atoms with Gasteiger partial charge in [0.1, 0.15) is 5.75 Å². The molecule has 2 rings (SSSR count). The summed E-state index contributed by atoms with van der Waals surface area (Å²) in [5.74, 6) is 0.263. The highest BCUT2D eigenvalue weighted by molar-refractivity contribution is 5.84. The Hall–Kier alpha value is -1.54. The summed E-state index contributed by atoms with van der Waals surface area (Å²) in [6.45, 7) is 3.52. The van der Waals surface area contributed by atoms with Gasteiger partial charge in [0.15, 0.2) is 0 Å². The van der Waals surface area contributed by atoms with Gasteiger partial charge < -0.3 is 10.2 Å². The zero-order valence-electron chi connectivity index (χ0n) is 8.86. The summed E-state index contributed by atoms with van der Waals surface area (Å²) >= 11 is 0. The van der Waals surface area contributed by atoms with Crippen molar-refractivity contribution in [3.05, 3.63) is 42.0 Å². The standard InChI is InChI=1S/C13H14O2/c1-13(2,15)11-5-3-10-8-12(14)6-4-9(10)7-11/h3-8,14-15H,1-2H3. The Labute approximate surface area is 88.8 Å². The first kappa shape index (κ1) is 9.99. The van der Waals surface area contributed by atoms with E-state index in [9.17, 15) is 10.2 Å². The average Bonchev–Trinajstić information content (AvgIpc) is 2.15. The molecular formula is C13H14O2. The second-order valence-corrected chi connectivity index (χ2v) is 4.31. The van der Waals surface area contributed by atoms with Crippen LogP contribution in [0.1, 0.15) is 19.4 Å². The van der Waals surface area contributed by atoms with Gasteiger partial charge in [0.25, 0.3) is 0 Å². The van der Waals surface area contributed by atoms with Crippen molar-refractivity contribution in [1.82, 2.24) is 0 Å². The van der Waals surface area contributed by atoms with E-state index in [4.69, 9.17) is 0 Å². The van der Waals surface area contributed by atoms with E-state index in [0.717, 1.165) is 16.3 Å². The smallest absolute Gasteiger partial charge is 0.116 e. The van der Waals surface area contributed by atoms with Gasteiger partial charge in [-0.3, -0.25) is 0 Å². The summed E-state index contributed by atoms with van der Waals surface area (Å²) in [6, 6.07) is 10.9. The first-order valence-corrected chi connectivity index (χ1v) is 4.92. The molecule has 0 heterocycles. The van der Waals surface area contributed by atoms with Crippen LogP contribution in [0.2, 0.25) is 0 Å². The number of aliphatic hydroxyl groups is 1. The molecular weight excluding hydrogens is 188 g/mol. The third kappa shape index (κ3) is 1.95. The van der Waals surface area contributed by atoms with Crippen molar-refractivity contribution >= 4 is 10.8 Å². The highest BCUT2D eigenvalue weighted by atomic mass is 16.3. The van der Waals surface area contributed by atoms with E-state index in [-0.39, 0.29) is 5.75 Å². The molecule has 0 saturated heterocycles. The van der Waals surface area contributed by atoms with Gasteiger partial charge in [0.2, 0.25) is 0 Å². The van der Waals surface area contributed by atoms with Gasteiger partial charge in [0, 0.05) is 0 Å². The molecule has 0 spiro atoms. The average molecular weight is 202 g/mol. The van der Waals surface area contributed by atoms with Crippen LogP contribution in [0.3, 0.4) is 0 Å². The Morgan fingerprint density at radius 1 is 0.933 bits per heavy atom. The minimum Gasteiger partial charge on any atom is -0.508 e. The minimum atomic E-state index is -0.827. The molecule has 15 heavy (non-hydrogen) atoms. The predicted octanol–water partition coefficient (Wildman–Crippen LogP) is 2.77. The number of phenols is 1. The number of rotatable bonds is 1. The summed E-state index contributed by atoms with van der Waals surface area (Å²) in [4.78, 5) is 0. The van der Waals surface area contributed by atoms with Gasteiger partial charge in [-0.2, -0.15) is 0 Å². The van der Waals surface area contributed by atoms with Crippen LogP contribution in [0.25, 0.3) is 10.8 Å². The monoisotopic (exact) mass is 202 g/mol. The van der Waals surface area contributed by atoms with E-state index < -0.39 is 5.60 Å².